The van der Waals surface area contributed by atoms with E-state index >= 15 is 0 Å². The average Bonchev–Trinajstić information content (AvgIpc) is 3.15. The van der Waals surface area contributed by atoms with E-state index in [1.54, 1.807) is 0 Å². The van der Waals surface area contributed by atoms with Crippen LogP contribution in [0, 0.1) is 0 Å². The molecule has 2 saturated heterocycles. The van der Waals surface area contributed by atoms with Crippen molar-refractivity contribution >= 4 is 44.5 Å². The van der Waals surface area contributed by atoms with Crippen molar-refractivity contribution in [3.8, 4) is 0 Å². The lowest BCUT2D eigenvalue weighted by Gasteiger charge is -2.48. The zero-order valence-corrected chi connectivity index (χ0v) is 31.4. The summed E-state index contributed by atoms with van der Waals surface area (Å²) in [4.78, 5) is 49.0. The van der Waals surface area contributed by atoms with E-state index in [0.29, 0.717) is 52.9 Å². The van der Waals surface area contributed by atoms with Crippen molar-refractivity contribution in [2.24, 2.45) is 0 Å². The van der Waals surface area contributed by atoms with Crippen LogP contribution in [0.25, 0.3) is 0 Å². The Balaban J connectivity index is 0.000000429. The second-order valence-electron chi connectivity index (χ2n) is 13.4. The molecular weight excluding hydrogens is 697 g/mol. The maximum atomic E-state index is 13.6. The molecule has 8 bridgehead atoms. The van der Waals surface area contributed by atoms with Crippen LogP contribution in [-0.2, 0) is 58.6 Å². The highest BCUT2D eigenvalue weighted by Crippen LogP contribution is 2.25. The minimum Gasteiger partial charge on any atom is -0.306 e. The van der Waals surface area contributed by atoms with Crippen molar-refractivity contribution in [1.82, 2.24) is 39.4 Å². The molecule has 0 aliphatic carbocycles. The van der Waals surface area contributed by atoms with Gasteiger partial charge < -0.3 is 19.6 Å². The number of hydrogen-bond donors (Lipinski definition) is 0. The summed E-state index contributed by atoms with van der Waals surface area (Å²) >= 11 is 0. The maximum absolute atomic E-state index is 13.6. The van der Waals surface area contributed by atoms with E-state index in [2.05, 4.69) is 51.3 Å². The first-order chi connectivity index (χ1) is 30.3. The zero-order chi connectivity index (χ0) is 53.0. The minimum atomic E-state index is -2.90. The summed E-state index contributed by atoms with van der Waals surface area (Å²) in [6.45, 7) is 16.7. The lowest BCUT2D eigenvalue weighted by Crippen LogP contribution is -2.62. The molecule has 0 N–H and O–H groups in total. The van der Waals surface area contributed by atoms with Crippen LogP contribution >= 0.6 is 0 Å². The van der Waals surface area contributed by atoms with E-state index in [1.807, 2.05) is 56.0 Å². The fourth-order valence-corrected chi connectivity index (χ4v) is 5.07. The van der Waals surface area contributed by atoms with Gasteiger partial charge in [-0.1, -0.05) is 12.1 Å². The van der Waals surface area contributed by atoms with Crippen LogP contribution < -0.4 is 0 Å². The standard InChI is InChI=1S/C28H40N8O2.3C2H6OS/c1-27(2,3)35-17-31-13-21-9-7-11-23(29-21)15-33-19-36(28(4,5)6)20-34(26(33)38)16-24-12-8-10-22(30-24)14-32(18-35)25(31)37;3*1-4(2)3/h7-12H,13-20H2,1-6H3;3*1-2H3/i;3*1D3,2D3. The number of amides is 4. The lowest BCUT2D eigenvalue weighted by atomic mass is 10.1. The van der Waals surface area contributed by atoms with Crippen molar-refractivity contribution in [3.05, 3.63) is 59.2 Å². The van der Waals surface area contributed by atoms with Gasteiger partial charge in [-0.05, 0) is 65.8 Å². The highest BCUT2D eigenvalue weighted by atomic mass is 32.2. The fraction of sp³-hybridized carbons (Fsp3) is 0.647. The van der Waals surface area contributed by atoms with Crippen molar-refractivity contribution in [3.63, 3.8) is 0 Å². The molecule has 0 atom stereocenters. The largest absolute Gasteiger partial charge is 0.322 e. The molecule has 0 spiro atoms. The monoisotopic (exact) mass is 772 g/mol. The van der Waals surface area contributed by atoms with Gasteiger partial charge in [0.05, 0.1) is 75.6 Å². The van der Waals surface area contributed by atoms with Crippen molar-refractivity contribution in [1.29, 1.82) is 0 Å². The van der Waals surface area contributed by atoms with Crippen LogP contribution in [0.1, 0.15) is 89.0 Å². The Morgan fingerprint density at radius 1 is 0.520 bits per heavy atom. The molecule has 0 aromatic carbocycles. The summed E-state index contributed by atoms with van der Waals surface area (Å²) in [7, 11) is -8.26. The Morgan fingerprint density at radius 2 is 0.760 bits per heavy atom. The van der Waals surface area contributed by atoms with Gasteiger partial charge in [-0.15, -0.1) is 0 Å². The summed E-state index contributed by atoms with van der Waals surface area (Å²) in [6, 6.07) is 11.7. The molecule has 5 heterocycles. The van der Waals surface area contributed by atoms with Gasteiger partial charge in [0, 0.05) is 105 Å². The van der Waals surface area contributed by atoms with Gasteiger partial charge in [-0.3, -0.25) is 32.4 Å². The zero-order valence-electron chi connectivity index (χ0n) is 47.0. The van der Waals surface area contributed by atoms with E-state index in [1.165, 1.54) is 0 Å². The normalized spacial score (nSPS) is 24.3. The highest BCUT2D eigenvalue weighted by Gasteiger charge is 2.37. The Hall–Kier alpha value is -2.79. The predicted molar refractivity (Wildman–Crippen MR) is 204 cm³/mol. The Bertz CT molecular complexity index is 1830. The number of hydrogen-bond acceptors (Lipinski definition) is 9. The molecule has 2 aromatic rings. The molecule has 282 valence electrons. The summed E-state index contributed by atoms with van der Waals surface area (Å²) in [5.74, 6) is 0. The Morgan fingerprint density at radius 3 is 0.940 bits per heavy atom. The van der Waals surface area contributed by atoms with Gasteiger partial charge in [-0.25, -0.2) is 9.59 Å². The van der Waals surface area contributed by atoms with Crippen LogP contribution in [0.2, 0.25) is 0 Å². The summed E-state index contributed by atoms with van der Waals surface area (Å²) < 4.78 is 148. The molecule has 4 amide bonds. The van der Waals surface area contributed by atoms with E-state index in [4.69, 9.17) is 34.6 Å². The third-order valence-electron chi connectivity index (χ3n) is 7.49. The van der Waals surface area contributed by atoms with Crippen LogP contribution in [-0.4, -0.2) is 139 Å². The first-order valence-corrected chi connectivity index (χ1v) is 18.5. The van der Waals surface area contributed by atoms with Crippen LogP contribution in [0.15, 0.2) is 36.4 Å². The van der Waals surface area contributed by atoms with Crippen LogP contribution in [0.4, 0.5) is 9.59 Å². The second kappa shape index (κ2) is 19.2. The number of carbonyl (C=O) groups excluding carboxylic acids is 2. The molecule has 3 aliphatic heterocycles. The second-order valence-corrected chi connectivity index (χ2v) is 15.0. The van der Waals surface area contributed by atoms with Gasteiger partial charge in [-0.2, -0.15) is 0 Å². The number of aromatic nitrogens is 2. The number of urea groups is 2. The topological polar surface area (TPSA) is 131 Å². The average molecular weight is 773 g/mol. The number of nitrogens with zero attached hydrogens (tertiary/aromatic N) is 8. The van der Waals surface area contributed by atoms with E-state index < -0.39 is 69.5 Å². The molecule has 0 unspecified atom stereocenters. The van der Waals surface area contributed by atoms with E-state index in [0.717, 1.165) is 22.8 Å². The van der Waals surface area contributed by atoms with Crippen molar-refractivity contribution < 1.29 is 46.9 Å². The number of carbonyl (C=O) groups is 2. The van der Waals surface area contributed by atoms with Crippen molar-refractivity contribution in [2.75, 3.05) is 63.8 Å². The SMILES string of the molecule is CC(C)(C)N1CN2Cc3cccc(n3)CN3CN(C(C)(C)C)CN(Cc4cccc(n4)CN(C1)C2=O)C3=O.[2H]C([2H])([2H])S(=O)C([2H])([2H])[2H].[2H]C([2H])([2H])S(=O)C([2H])([2H])[2H].[2H]C([2H])([2H])S(=O)C([2H])([2H])[2H]. The molecular formula is C34H58N8O5S3. The Labute approximate surface area is 332 Å². The summed E-state index contributed by atoms with van der Waals surface area (Å²) in [6.07, 6.45) is -17.4. The molecule has 3 aliphatic rings. The summed E-state index contributed by atoms with van der Waals surface area (Å²) in [5, 5.41) is 0. The minimum absolute atomic E-state index is 0.0163. The van der Waals surface area contributed by atoms with Gasteiger partial charge in [0.15, 0.2) is 0 Å². The molecule has 5 rings (SSSR count). The van der Waals surface area contributed by atoms with E-state index in [-0.39, 0.29) is 23.1 Å². The van der Waals surface area contributed by atoms with E-state index in [9.17, 15) is 22.2 Å². The maximum Gasteiger partial charge on any atom is 0.322 e. The molecule has 0 radical (unpaired) electrons. The highest BCUT2D eigenvalue weighted by molar-refractivity contribution is 7.83. The quantitative estimate of drug-likeness (QED) is 0.394. The van der Waals surface area contributed by atoms with Crippen molar-refractivity contribution in [2.45, 2.75) is 78.8 Å². The third kappa shape index (κ3) is 14.8. The molecule has 50 heavy (non-hydrogen) atoms. The summed E-state index contributed by atoms with van der Waals surface area (Å²) in [5.41, 5.74) is 3.03. The van der Waals surface area contributed by atoms with Crippen LogP contribution in [0.3, 0.4) is 0 Å². The number of rotatable bonds is 0. The molecule has 13 nitrogen and oxygen atoms in total. The molecule has 2 fully saturated rings. The van der Waals surface area contributed by atoms with Gasteiger partial charge in [0.25, 0.3) is 0 Å². The lowest BCUT2D eigenvalue weighted by molar-refractivity contribution is -0.0225. The first-order valence-electron chi connectivity index (χ1n) is 24.1. The third-order valence-corrected chi connectivity index (χ3v) is 7.49. The van der Waals surface area contributed by atoms with Crippen LogP contribution in [0.5, 0.6) is 0 Å². The molecule has 16 heteroatoms. The van der Waals surface area contributed by atoms with Gasteiger partial charge >= 0.3 is 12.1 Å². The number of pyridine rings is 2. The first kappa shape index (κ1) is 23.0. The number of fused-ring (bicyclic) bond motifs is 8. The van der Waals surface area contributed by atoms with Gasteiger partial charge in [0.2, 0.25) is 0 Å². The fourth-order valence-electron chi connectivity index (χ4n) is 5.07. The Kier molecular flexibility index (Phi) is 8.81. The smallest absolute Gasteiger partial charge is 0.306 e. The van der Waals surface area contributed by atoms with Gasteiger partial charge in [0.1, 0.15) is 0 Å². The predicted octanol–water partition coefficient (Wildman–Crippen LogP) is 3.68. The molecule has 2 aromatic heterocycles. The molecule has 0 saturated carbocycles.